The van der Waals surface area contributed by atoms with Gasteiger partial charge in [0.1, 0.15) is 11.6 Å². The van der Waals surface area contributed by atoms with Crippen LogP contribution in [0, 0.1) is 41.2 Å². The Morgan fingerprint density at radius 3 is 1.72 bits per heavy atom. The van der Waals surface area contributed by atoms with Crippen molar-refractivity contribution in [3.63, 3.8) is 0 Å². The SMILES string of the molecule is [C-]#[N+]c1cc2c(-c3cccc(-c4c(F)c(F)c(C#N)c(F)c4F)c3)nc3ccccc3c2c2nc(-c3ccccc3)c(-c3ccccc3)nc12. The minimum absolute atomic E-state index is 0.173. The van der Waals surface area contributed by atoms with Gasteiger partial charge in [-0.2, -0.15) is 5.26 Å². The van der Waals surface area contributed by atoms with Crippen LogP contribution in [0.25, 0.3) is 82.5 Å². The second-order valence-corrected chi connectivity index (χ2v) is 11.5. The van der Waals surface area contributed by atoms with Crippen molar-refractivity contribution < 1.29 is 17.6 Å². The van der Waals surface area contributed by atoms with Gasteiger partial charge in [0.2, 0.25) is 5.69 Å². The molecule has 2 aromatic heterocycles. The molecule has 50 heavy (non-hydrogen) atoms. The fraction of sp³-hybridized carbons (Fsp3) is 0. The minimum atomic E-state index is -1.78. The third kappa shape index (κ3) is 4.72. The molecule has 0 radical (unpaired) electrons. The van der Waals surface area contributed by atoms with Crippen molar-refractivity contribution >= 4 is 38.4 Å². The third-order valence-electron chi connectivity index (χ3n) is 8.60. The Labute approximate surface area is 282 Å². The van der Waals surface area contributed by atoms with E-state index >= 15 is 8.78 Å². The molecule has 0 aliphatic heterocycles. The number of nitrogens with zero attached hydrogens (tertiary/aromatic N) is 5. The number of fused-ring (bicyclic) bond motifs is 5. The normalized spacial score (nSPS) is 11.2. The number of rotatable bonds is 4. The summed E-state index contributed by atoms with van der Waals surface area (Å²) < 4.78 is 59.7. The van der Waals surface area contributed by atoms with Gasteiger partial charge >= 0.3 is 0 Å². The van der Waals surface area contributed by atoms with E-state index in [0.29, 0.717) is 50.0 Å². The standard InChI is InChI=1S/C41H19F4N5/c1-47-30-20-27-32(41-40(30)49-38(22-11-4-2-5-12-22)39(50-41)23-13-6-3-7-14-23)26-17-8-9-18-29(26)48-37(27)25-16-10-15-24(19-25)31-35(44)33(42)28(21-46)34(43)36(31)45/h2-20H. The predicted octanol–water partition coefficient (Wildman–Crippen LogP) is 11.0. The third-order valence-corrected chi connectivity index (χ3v) is 8.60. The lowest BCUT2D eigenvalue weighted by molar-refractivity contribution is 0.454. The Bertz CT molecular complexity index is 2740. The summed E-state index contributed by atoms with van der Waals surface area (Å²) in [5, 5.41) is 11.0. The molecule has 6 aromatic carbocycles. The Balaban J connectivity index is 1.48. The van der Waals surface area contributed by atoms with Gasteiger partial charge in [-0.3, -0.25) is 4.98 Å². The predicted molar refractivity (Wildman–Crippen MR) is 185 cm³/mol. The van der Waals surface area contributed by atoms with E-state index in [2.05, 4.69) is 4.85 Å². The summed E-state index contributed by atoms with van der Waals surface area (Å²) in [5.41, 5.74) is 2.70. The molecule has 236 valence electrons. The summed E-state index contributed by atoms with van der Waals surface area (Å²) in [6.07, 6.45) is 0. The average molecular weight is 658 g/mol. The molecule has 0 aliphatic rings. The van der Waals surface area contributed by atoms with E-state index in [1.165, 1.54) is 24.3 Å². The fourth-order valence-electron chi connectivity index (χ4n) is 6.32. The van der Waals surface area contributed by atoms with E-state index in [1.807, 2.05) is 84.9 Å². The molecule has 0 N–H and O–H groups in total. The number of aromatic nitrogens is 3. The van der Waals surface area contributed by atoms with E-state index in [4.69, 9.17) is 26.8 Å². The lowest BCUT2D eigenvalue weighted by Gasteiger charge is -2.16. The Kier molecular flexibility index (Phi) is 7.24. The molecule has 2 heterocycles. The van der Waals surface area contributed by atoms with Gasteiger partial charge in [0, 0.05) is 32.8 Å². The van der Waals surface area contributed by atoms with Crippen LogP contribution in [0.2, 0.25) is 0 Å². The fourth-order valence-corrected chi connectivity index (χ4v) is 6.32. The van der Waals surface area contributed by atoms with E-state index in [0.717, 1.165) is 16.5 Å². The number of para-hydroxylation sites is 1. The molecule has 8 rings (SSSR count). The summed E-state index contributed by atoms with van der Waals surface area (Å²) >= 11 is 0. The highest BCUT2D eigenvalue weighted by Gasteiger charge is 2.27. The van der Waals surface area contributed by atoms with Crippen molar-refractivity contribution in [1.29, 1.82) is 5.26 Å². The molecule has 0 spiro atoms. The molecule has 0 saturated carbocycles. The van der Waals surface area contributed by atoms with Gasteiger partial charge < -0.3 is 0 Å². The van der Waals surface area contributed by atoms with Crippen LogP contribution in [0.15, 0.2) is 115 Å². The zero-order valence-electron chi connectivity index (χ0n) is 25.7. The number of pyridine rings is 1. The molecule has 5 nitrogen and oxygen atoms in total. The molecule has 0 unspecified atom stereocenters. The zero-order valence-corrected chi connectivity index (χ0v) is 25.7. The van der Waals surface area contributed by atoms with Crippen LogP contribution >= 0.6 is 0 Å². The van der Waals surface area contributed by atoms with Crippen molar-refractivity contribution in [2.24, 2.45) is 0 Å². The molecule has 0 atom stereocenters. The maximum absolute atomic E-state index is 15.2. The molecule has 0 amide bonds. The summed E-state index contributed by atoms with van der Waals surface area (Å²) in [7, 11) is 0. The highest BCUT2D eigenvalue weighted by molar-refractivity contribution is 6.23. The van der Waals surface area contributed by atoms with Crippen molar-refractivity contribution in [2.75, 3.05) is 0 Å². The van der Waals surface area contributed by atoms with E-state index in [-0.39, 0.29) is 11.3 Å². The van der Waals surface area contributed by atoms with Crippen molar-refractivity contribution in [3.8, 4) is 51.0 Å². The molecular formula is C41H19F4N5. The summed E-state index contributed by atoms with van der Waals surface area (Å²) in [6, 6.07) is 35.2. The summed E-state index contributed by atoms with van der Waals surface area (Å²) in [5.74, 6) is -6.94. The first-order valence-electron chi connectivity index (χ1n) is 15.3. The maximum atomic E-state index is 15.2. The van der Waals surface area contributed by atoms with E-state index < -0.39 is 34.4 Å². The van der Waals surface area contributed by atoms with E-state index in [9.17, 15) is 8.78 Å². The van der Waals surface area contributed by atoms with Crippen LogP contribution in [-0.4, -0.2) is 15.0 Å². The second kappa shape index (κ2) is 11.9. The molecule has 0 fully saturated rings. The summed E-state index contributed by atoms with van der Waals surface area (Å²) in [6.45, 7) is 8.16. The molecule has 8 aromatic rings. The van der Waals surface area contributed by atoms with Gasteiger partial charge in [0.05, 0.1) is 45.8 Å². The molecule has 9 heteroatoms. The van der Waals surface area contributed by atoms with Gasteiger partial charge in [-0.05, 0) is 23.8 Å². The van der Waals surface area contributed by atoms with Crippen molar-refractivity contribution in [3.05, 3.63) is 156 Å². The second-order valence-electron chi connectivity index (χ2n) is 11.5. The number of nitriles is 1. The molecule has 0 bridgehead atoms. The monoisotopic (exact) mass is 657 g/mol. The van der Waals surface area contributed by atoms with Gasteiger partial charge in [-0.15, -0.1) is 0 Å². The largest absolute Gasteiger partial charge is 0.255 e. The lowest BCUT2D eigenvalue weighted by atomic mass is 9.94. The summed E-state index contributed by atoms with van der Waals surface area (Å²) in [4.78, 5) is 19.1. The van der Waals surface area contributed by atoms with E-state index in [1.54, 1.807) is 12.1 Å². The highest BCUT2D eigenvalue weighted by Crippen LogP contribution is 2.43. The van der Waals surface area contributed by atoms with Gasteiger partial charge in [-0.25, -0.2) is 32.4 Å². The molecule has 0 saturated heterocycles. The Morgan fingerprint density at radius 1 is 0.540 bits per heavy atom. The Hall–Kier alpha value is -6.97. The first-order chi connectivity index (χ1) is 24.4. The van der Waals surface area contributed by atoms with Gasteiger partial charge in [0.25, 0.3) is 0 Å². The van der Waals surface area contributed by atoms with Crippen LogP contribution in [0.5, 0.6) is 0 Å². The molecule has 0 aliphatic carbocycles. The lowest BCUT2D eigenvalue weighted by Crippen LogP contribution is -2.04. The van der Waals surface area contributed by atoms with Crippen LogP contribution in [0.1, 0.15) is 5.56 Å². The highest BCUT2D eigenvalue weighted by atomic mass is 19.2. The zero-order chi connectivity index (χ0) is 34.5. The van der Waals surface area contributed by atoms with Crippen LogP contribution in [0.4, 0.5) is 23.2 Å². The number of hydrogen-bond acceptors (Lipinski definition) is 4. The first kappa shape index (κ1) is 30.4. The quantitative estimate of drug-likeness (QED) is 0.0818. The van der Waals surface area contributed by atoms with Crippen LogP contribution in [-0.2, 0) is 0 Å². The van der Waals surface area contributed by atoms with Crippen molar-refractivity contribution in [1.82, 2.24) is 15.0 Å². The molecular weight excluding hydrogens is 638 g/mol. The first-order valence-corrected chi connectivity index (χ1v) is 15.3. The van der Waals surface area contributed by atoms with Gasteiger partial charge in [0.15, 0.2) is 23.3 Å². The minimum Gasteiger partial charge on any atom is -0.255 e. The Morgan fingerprint density at radius 2 is 1.10 bits per heavy atom. The van der Waals surface area contributed by atoms with Crippen LogP contribution in [0.3, 0.4) is 0 Å². The number of halogens is 4. The van der Waals surface area contributed by atoms with Gasteiger partial charge in [-0.1, -0.05) is 97.1 Å². The van der Waals surface area contributed by atoms with Crippen LogP contribution < -0.4 is 0 Å². The average Bonchev–Trinajstić information content (AvgIpc) is 3.17. The number of benzene rings is 6. The topological polar surface area (TPSA) is 66.8 Å². The maximum Gasteiger partial charge on any atom is 0.215 e. The smallest absolute Gasteiger partial charge is 0.215 e. The number of hydrogen-bond donors (Lipinski definition) is 0. The van der Waals surface area contributed by atoms with Crippen molar-refractivity contribution in [2.45, 2.75) is 0 Å².